The van der Waals surface area contributed by atoms with Crippen molar-refractivity contribution in [3.63, 3.8) is 0 Å². The molecule has 3 rings (SSSR count). The molecule has 24 heavy (non-hydrogen) atoms. The molecule has 1 saturated heterocycles. The van der Waals surface area contributed by atoms with Crippen LogP contribution in [-0.2, 0) is 0 Å². The fraction of sp³-hybridized carbons (Fsp3) is 0.312. The second-order valence-electron chi connectivity index (χ2n) is 5.52. The maximum atomic E-state index is 13.3. The molecule has 1 aliphatic heterocycles. The van der Waals surface area contributed by atoms with E-state index in [1.807, 2.05) is 4.90 Å². The van der Waals surface area contributed by atoms with Gasteiger partial charge in [-0.15, -0.1) is 10.2 Å². The van der Waals surface area contributed by atoms with E-state index < -0.39 is 5.91 Å². The molecule has 1 fully saturated rings. The van der Waals surface area contributed by atoms with Crippen LogP contribution in [0.1, 0.15) is 23.3 Å². The van der Waals surface area contributed by atoms with E-state index in [0.29, 0.717) is 29.7 Å². The second-order valence-corrected chi connectivity index (χ2v) is 5.93. The van der Waals surface area contributed by atoms with Gasteiger partial charge in [-0.3, -0.25) is 4.79 Å². The lowest BCUT2D eigenvalue weighted by Gasteiger charge is -2.32. The number of amides is 1. The van der Waals surface area contributed by atoms with Crippen molar-refractivity contribution >= 4 is 23.3 Å². The number of hydrogen-bond acceptors (Lipinski definition) is 5. The highest BCUT2D eigenvalue weighted by molar-refractivity contribution is 6.32. The SMILES string of the molecule is NC(=O)c1ccc(N2CCC(Oc3cc(F)ccc3Cl)CC2)nn1. The Bertz CT molecular complexity index is 733. The van der Waals surface area contributed by atoms with Crippen LogP contribution in [0.25, 0.3) is 0 Å². The number of piperidine rings is 1. The molecule has 1 aromatic carbocycles. The lowest BCUT2D eigenvalue weighted by atomic mass is 10.1. The van der Waals surface area contributed by atoms with Crippen LogP contribution in [0.3, 0.4) is 0 Å². The largest absolute Gasteiger partial charge is 0.489 e. The van der Waals surface area contributed by atoms with Crippen LogP contribution in [0.5, 0.6) is 5.75 Å². The standard InChI is InChI=1S/C16H16ClFN4O2/c17-12-2-1-10(18)9-14(12)24-11-5-7-22(8-6-11)15-4-3-13(16(19)23)20-21-15/h1-4,9,11H,5-8H2,(H2,19,23). The first kappa shape index (κ1) is 16.4. The van der Waals surface area contributed by atoms with Crippen LogP contribution in [0.4, 0.5) is 10.2 Å². The third-order valence-electron chi connectivity index (χ3n) is 3.86. The van der Waals surface area contributed by atoms with Crippen molar-refractivity contribution in [1.29, 1.82) is 0 Å². The highest BCUT2D eigenvalue weighted by Crippen LogP contribution is 2.28. The Balaban J connectivity index is 1.59. The summed E-state index contributed by atoms with van der Waals surface area (Å²) in [6.45, 7) is 1.42. The molecule has 6 nitrogen and oxygen atoms in total. The summed E-state index contributed by atoms with van der Waals surface area (Å²) in [7, 11) is 0. The smallest absolute Gasteiger partial charge is 0.269 e. The van der Waals surface area contributed by atoms with Gasteiger partial charge in [0.25, 0.3) is 5.91 Å². The Morgan fingerprint density at radius 1 is 1.25 bits per heavy atom. The third-order valence-corrected chi connectivity index (χ3v) is 4.17. The number of carbonyl (C=O) groups excluding carboxylic acids is 1. The minimum absolute atomic E-state index is 0.0431. The van der Waals surface area contributed by atoms with Gasteiger partial charge in [0.2, 0.25) is 0 Å². The summed E-state index contributed by atoms with van der Waals surface area (Å²) in [6.07, 6.45) is 1.44. The van der Waals surface area contributed by atoms with E-state index in [2.05, 4.69) is 10.2 Å². The van der Waals surface area contributed by atoms with Gasteiger partial charge in [0.1, 0.15) is 17.7 Å². The predicted molar refractivity (Wildman–Crippen MR) is 87.8 cm³/mol. The maximum absolute atomic E-state index is 13.3. The Labute approximate surface area is 143 Å². The molecule has 0 bridgehead atoms. The van der Waals surface area contributed by atoms with Gasteiger partial charge in [0, 0.05) is 32.0 Å². The minimum Gasteiger partial charge on any atom is -0.489 e. The minimum atomic E-state index is -0.604. The highest BCUT2D eigenvalue weighted by atomic mass is 35.5. The van der Waals surface area contributed by atoms with Gasteiger partial charge in [-0.25, -0.2) is 4.39 Å². The van der Waals surface area contributed by atoms with Crippen molar-refractivity contribution in [3.8, 4) is 5.75 Å². The number of carbonyl (C=O) groups is 1. The number of primary amides is 1. The molecular formula is C16H16ClFN4O2. The Morgan fingerprint density at radius 3 is 2.62 bits per heavy atom. The van der Waals surface area contributed by atoms with Gasteiger partial charge in [0.05, 0.1) is 5.02 Å². The normalized spacial score (nSPS) is 15.3. The van der Waals surface area contributed by atoms with Crippen molar-refractivity contribution in [2.45, 2.75) is 18.9 Å². The zero-order valence-corrected chi connectivity index (χ0v) is 13.5. The fourth-order valence-electron chi connectivity index (χ4n) is 2.58. The number of rotatable bonds is 4. The number of halogens is 2. The third kappa shape index (κ3) is 3.73. The first-order valence-electron chi connectivity index (χ1n) is 7.53. The molecule has 1 aliphatic rings. The van der Waals surface area contributed by atoms with Gasteiger partial charge in [-0.1, -0.05) is 11.6 Å². The number of aromatic nitrogens is 2. The number of hydrogen-bond donors (Lipinski definition) is 1. The molecule has 0 atom stereocenters. The van der Waals surface area contributed by atoms with Gasteiger partial charge < -0.3 is 15.4 Å². The highest BCUT2D eigenvalue weighted by Gasteiger charge is 2.22. The molecule has 2 N–H and O–H groups in total. The van der Waals surface area contributed by atoms with E-state index >= 15 is 0 Å². The molecule has 0 spiro atoms. The first-order chi connectivity index (χ1) is 11.5. The molecule has 0 aliphatic carbocycles. The summed E-state index contributed by atoms with van der Waals surface area (Å²) in [5, 5.41) is 8.22. The molecule has 126 valence electrons. The molecule has 2 heterocycles. The van der Waals surface area contributed by atoms with Crippen LogP contribution < -0.4 is 15.4 Å². The molecule has 0 unspecified atom stereocenters. The topological polar surface area (TPSA) is 81.3 Å². The Hall–Kier alpha value is -2.41. The van der Waals surface area contributed by atoms with Crippen molar-refractivity contribution < 1.29 is 13.9 Å². The number of benzene rings is 1. The van der Waals surface area contributed by atoms with E-state index in [1.54, 1.807) is 12.1 Å². The summed E-state index contributed by atoms with van der Waals surface area (Å²) in [4.78, 5) is 13.1. The lowest BCUT2D eigenvalue weighted by Crippen LogP contribution is -2.39. The zero-order valence-electron chi connectivity index (χ0n) is 12.8. The monoisotopic (exact) mass is 350 g/mol. The van der Waals surface area contributed by atoms with E-state index in [-0.39, 0.29) is 17.6 Å². The lowest BCUT2D eigenvalue weighted by molar-refractivity contribution is 0.0994. The summed E-state index contributed by atoms with van der Waals surface area (Å²) >= 11 is 6.02. The van der Waals surface area contributed by atoms with Gasteiger partial charge >= 0.3 is 0 Å². The van der Waals surface area contributed by atoms with Crippen LogP contribution in [0, 0.1) is 5.82 Å². The zero-order chi connectivity index (χ0) is 17.1. The molecule has 0 saturated carbocycles. The quantitative estimate of drug-likeness (QED) is 0.915. The van der Waals surface area contributed by atoms with Crippen molar-refractivity contribution in [3.05, 3.63) is 46.9 Å². The van der Waals surface area contributed by atoms with Crippen LogP contribution in [0.15, 0.2) is 30.3 Å². The van der Waals surface area contributed by atoms with E-state index in [9.17, 15) is 9.18 Å². The number of nitrogens with zero attached hydrogens (tertiary/aromatic N) is 3. The summed E-state index contributed by atoms with van der Waals surface area (Å²) in [6, 6.07) is 7.35. The molecular weight excluding hydrogens is 335 g/mol. The van der Waals surface area contributed by atoms with Gasteiger partial charge in [-0.05, 0) is 24.3 Å². The number of anilines is 1. The van der Waals surface area contributed by atoms with Crippen LogP contribution in [0.2, 0.25) is 5.02 Å². The van der Waals surface area contributed by atoms with Gasteiger partial charge in [0.15, 0.2) is 11.5 Å². The molecule has 2 aromatic rings. The number of ether oxygens (including phenoxy) is 1. The number of nitrogens with two attached hydrogens (primary N) is 1. The molecule has 0 radical (unpaired) electrons. The average Bonchev–Trinajstić information content (AvgIpc) is 2.59. The van der Waals surface area contributed by atoms with Crippen LogP contribution in [-0.4, -0.2) is 35.3 Å². The summed E-state index contributed by atoms with van der Waals surface area (Å²) < 4.78 is 19.1. The second kappa shape index (κ2) is 7.00. The van der Waals surface area contributed by atoms with E-state index in [0.717, 1.165) is 12.8 Å². The molecule has 8 heteroatoms. The average molecular weight is 351 g/mol. The predicted octanol–water partition coefficient (Wildman–Crippen LogP) is 2.42. The molecule has 1 amide bonds. The van der Waals surface area contributed by atoms with Crippen molar-refractivity contribution in [2.24, 2.45) is 5.73 Å². The Kier molecular flexibility index (Phi) is 4.80. The van der Waals surface area contributed by atoms with Gasteiger partial charge in [-0.2, -0.15) is 0 Å². The maximum Gasteiger partial charge on any atom is 0.269 e. The fourth-order valence-corrected chi connectivity index (χ4v) is 2.74. The summed E-state index contributed by atoms with van der Waals surface area (Å²) in [5.41, 5.74) is 5.28. The molecule has 1 aromatic heterocycles. The van der Waals surface area contributed by atoms with Crippen LogP contribution >= 0.6 is 11.6 Å². The summed E-state index contributed by atoms with van der Waals surface area (Å²) in [5.74, 6) is 0.0627. The van der Waals surface area contributed by atoms with Crippen molar-refractivity contribution in [2.75, 3.05) is 18.0 Å². The Morgan fingerprint density at radius 2 is 2.00 bits per heavy atom. The van der Waals surface area contributed by atoms with Crippen molar-refractivity contribution in [1.82, 2.24) is 10.2 Å². The first-order valence-corrected chi connectivity index (χ1v) is 7.91. The van der Waals surface area contributed by atoms with E-state index in [4.69, 9.17) is 22.1 Å². The van der Waals surface area contributed by atoms with E-state index in [1.165, 1.54) is 18.2 Å².